The fourth-order valence-corrected chi connectivity index (χ4v) is 3.87. The number of rotatable bonds is 6. The number of carbonyl (C=O) groups is 2. The second-order valence-electron chi connectivity index (χ2n) is 9.89. The fraction of sp³-hybridized carbons (Fsp3) is 0.407. The third kappa shape index (κ3) is 4.57. The molecule has 0 saturated carbocycles. The van der Waals surface area contributed by atoms with Crippen LogP contribution in [0.2, 0.25) is 0 Å². The summed E-state index contributed by atoms with van der Waals surface area (Å²) in [5.74, 6) is -0.939. The molecule has 0 radical (unpaired) electrons. The van der Waals surface area contributed by atoms with Crippen LogP contribution in [0, 0.1) is 5.92 Å². The number of ether oxygens (including phenoxy) is 1. The van der Waals surface area contributed by atoms with Crippen LogP contribution in [0.3, 0.4) is 0 Å². The van der Waals surface area contributed by atoms with Gasteiger partial charge in [-0.25, -0.2) is 0 Å². The van der Waals surface area contributed by atoms with Gasteiger partial charge in [-0.3, -0.25) is 14.5 Å². The quantitative estimate of drug-likeness (QED) is 0.614. The molecule has 1 aliphatic heterocycles. The number of benzene rings is 2. The Morgan fingerprint density at radius 1 is 0.969 bits per heavy atom. The molecule has 1 amide bonds. The predicted molar refractivity (Wildman–Crippen MR) is 127 cm³/mol. The highest BCUT2D eigenvalue weighted by atomic mass is 16.5. The summed E-state index contributed by atoms with van der Waals surface area (Å²) >= 11 is 0. The van der Waals surface area contributed by atoms with Gasteiger partial charge in [0.15, 0.2) is 11.5 Å². The topological polar surface area (TPSA) is 66.8 Å². The predicted octanol–water partition coefficient (Wildman–Crippen LogP) is 5.90. The van der Waals surface area contributed by atoms with Gasteiger partial charge in [0.25, 0.3) is 5.91 Å². The lowest BCUT2D eigenvalue weighted by atomic mass is 9.85. The summed E-state index contributed by atoms with van der Waals surface area (Å²) in [5.41, 5.74) is 2.65. The number of anilines is 1. The number of Topliss-reactive ketones (excluding diaryl/α,β-unsaturated/α-hetero) is 1. The molecule has 0 fully saturated rings. The minimum absolute atomic E-state index is 0.0233. The van der Waals surface area contributed by atoms with Gasteiger partial charge < -0.3 is 9.84 Å². The van der Waals surface area contributed by atoms with Crippen molar-refractivity contribution in [3.8, 4) is 5.75 Å². The van der Waals surface area contributed by atoms with Crippen molar-refractivity contribution >= 4 is 17.4 Å². The van der Waals surface area contributed by atoms with Crippen LogP contribution in [0.15, 0.2) is 59.9 Å². The van der Waals surface area contributed by atoms with Crippen molar-refractivity contribution < 1.29 is 19.4 Å². The Morgan fingerprint density at radius 2 is 1.53 bits per heavy atom. The van der Waals surface area contributed by atoms with Gasteiger partial charge in [-0.1, -0.05) is 58.9 Å². The lowest BCUT2D eigenvalue weighted by Gasteiger charge is -2.28. The highest BCUT2D eigenvalue weighted by Gasteiger charge is 2.44. The molecular formula is C27H33NO4. The van der Waals surface area contributed by atoms with Crippen molar-refractivity contribution in [3.63, 3.8) is 0 Å². The molecule has 0 aromatic heterocycles. The van der Waals surface area contributed by atoms with Gasteiger partial charge in [0, 0.05) is 11.6 Å². The third-order valence-corrected chi connectivity index (χ3v) is 5.58. The largest absolute Gasteiger partial charge is 0.503 e. The minimum Gasteiger partial charge on any atom is -0.503 e. The molecule has 0 saturated heterocycles. The summed E-state index contributed by atoms with van der Waals surface area (Å²) < 4.78 is 5.71. The molecular weight excluding hydrogens is 402 g/mol. The molecule has 1 atom stereocenters. The maximum atomic E-state index is 13.2. The third-order valence-electron chi connectivity index (χ3n) is 5.58. The summed E-state index contributed by atoms with van der Waals surface area (Å²) in [6.07, 6.45) is 0.0318. The number of nitrogens with zero attached hydrogens (tertiary/aromatic N) is 1. The van der Waals surface area contributed by atoms with E-state index in [1.165, 1.54) is 4.90 Å². The zero-order valence-electron chi connectivity index (χ0n) is 20.0. The van der Waals surface area contributed by atoms with Crippen molar-refractivity contribution in [2.24, 2.45) is 5.92 Å². The van der Waals surface area contributed by atoms with Crippen molar-refractivity contribution in [1.29, 1.82) is 0 Å². The average molecular weight is 436 g/mol. The van der Waals surface area contributed by atoms with Gasteiger partial charge in [-0.2, -0.15) is 0 Å². The van der Waals surface area contributed by atoms with Gasteiger partial charge in [-0.15, -0.1) is 0 Å². The van der Waals surface area contributed by atoms with E-state index in [-0.39, 0.29) is 28.8 Å². The Morgan fingerprint density at radius 3 is 2.00 bits per heavy atom. The first-order valence-corrected chi connectivity index (χ1v) is 11.1. The number of carbonyl (C=O) groups excluding carboxylic acids is 2. The van der Waals surface area contributed by atoms with Crippen molar-refractivity contribution in [2.45, 2.75) is 66.0 Å². The van der Waals surface area contributed by atoms with Crippen molar-refractivity contribution in [2.75, 3.05) is 4.90 Å². The second-order valence-corrected chi connectivity index (χ2v) is 9.89. The zero-order valence-corrected chi connectivity index (χ0v) is 20.0. The minimum atomic E-state index is -0.691. The number of amides is 1. The van der Waals surface area contributed by atoms with Crippen LogP contribution in [0.5, 0.6) is 5.75 Å². The van der Waals surface area contributed by atoms with E-state index in [2.05, 4.69) is 20.8 Å². The molecule has 1 N–H and O–H groups in total. The molecule has 1 heterocycles. The lowest BCUT2D eigenvalue weighted by Crippen LogP contribution is -2.31. The number of hydrogen-bond acceptors (Lipinski definition) is 4. The molecule has 1 unspecified atom stereocenters. The SMILES string of the molecule is CC(C)Oc1ccc(N2C(=O)C(O)=C(C(=O)C(C)C)C2c2ccc(C(C)(C)C)cc2)cc1. The van der Waals surface area contributed by atoms with Crippen LogP contribution in [-0.2, 0) is 15.0 Å². The second kappa shape index (κ2) is 8.81. The number of hydrogen-bond donors (Lipinski definition) is 1. The Hall–Kier alpha value is -3.08. The molecule has 0 aliphatic carbocycles. The summed E-state index contributed by atoms with van der Waals surface area (Å²) in [7, 11) is 0. The van der Waals surface area contributed by atoms with Crippen molar-refractivity contribution in [1.82, 2.24) is 0 Å². The Balaban J connectivity index is 2.09. The zero-order chi connectivity index (χ0) is 23.8. The van der Waals surface area contributed by atoms with E-state index in [0.29, 0.717) is 11.4 Å². The Labute approximate surface area is 190 Å². The summed E-state index contributed by atoms with van der Waals surface area (Å²) in [4.78, 5) is 27.7. The maximum absolute atomic E-state index is 13.2. The standard InChI is InChI=1S/C27H33NO4/c1-16(2)24(29)22-23(18-8-10-19(11-9-18)27(5,6)7)28(26(31)25(22)30)20-12-14-21(15-13-20)32-17(3)4/h8-17,23,30H,1-7H3. The lowest BCUT2D eigenvalue weighted by molar-refractivity contribution is -0.119. The molecule has 32 heavy (non-hydrogen) atoms. The monoisotopic (exact) mass is 435 g/mol. The van der Waals surface area contributed by atoms with E-state index < -0.39 is 17.7 Å². The highest BCUT2D eigenvalue weighted by Crippen LogP contribution is 2.42. The van der Waals surface area contributed by atoms with Crippen LogP contribution >= 0.6 is 0 Å². The molecule has 0 spiro atoms. The number of ketones is 1. The number of aliphatic hydroxyl groups is 1. The van der Waals surface area contributed by atoms with Gasteiger partial charge in [0.2, 0.25) is 0 Å². The first-order valence-electron chi connectivity index (χ1n) is 11.1. The normalized spacial score (nSPS) is 17.0. The van der Waals surface area contributed by atoms with Gasteiger partial charge in [0.05, 0.1) is 17.7 Å². The van der Waals surface area contributed by atoms with Crippen LogP contribution in [0.4, 0.5) is 5.69 Å². The first-order chi connectivity index (χ1) is 14.9. The van der Waals surface area contributed by atoms with E-state index in [4.69, 9.17) is 4.74 Å². The van der Waals surface area contributed by atoms with Gasteiger partial charge in [-0.05, 0) is 54.7 Å². The summed E-state index contributed by atoms with van der Waals surface area (Å²) in [5, 5.41) is 10.7. The van der Waals surface area contributed by atoms with E-state index >= 15 is 0 Å². The highest BCUT2D eigenvalue weighted by molar-refractivity contribution is 6.16. The van der Waals surface area contributed by atoms with E-state index in [1.807, 2.05) is 38.1 Å². The Bertz CT molecular complexity index is 1020. The molecule has 170 valence electrons. The molecule has 5 nitrogen and oxygen atoms in total. The molecule has 2 aromatic carbocycles. The first kappa shape index (κ1) is 23.6. The van der Waals surface area contributed by atoms with Crippen LogP contribution < -0.4 is 9.64 Å². The van der Waals surface area contributed by atoms with Crippen molar-refractivity contribution in [3.05, 3.63) is 71.0 Å². The molecule has 0 bridgehead atoms. The molecule has 5 heteroatoms. The van der Waals surface area contributed by atoms with Crippen LogP contribution in [0.25, 0.3) is 0 Å². The van der Waals surface area contributed by atoms with E-state index in [9.17, 15) is 14.7 Å². The van der Waals surface area contributed by atoms with Crippen LogP contribution in [-0.4, -0.2) is 22.9 Å². The summed E-state index contributed by atoms with van der Waals surface area (Å²) in [6.45, 7) is 13.8. The molecule has 1 aliphatic rings. The summed E-state index contributed by atoms with van der Waals surface area (Å²) in [6, 6.07) is 14.4. The van der Waals surface area contributed by atoms with Crippen LogP contribution in [0.1, 0.15) is 65.6 Å². The fourth-order valence-electron chi connectivity index (χ4n) is 3.87. The van der Waals surface area contributed by atoms with E-state index in [1.54, 1.807) is 38.1 Å². The Kier molecular flexibility index (Phi) is 6.49. The number of aliphatic hydroxyl groups excluding tert-OH is 1. The van der Waals surface area contributed by atoms with E-state index in [0.717, 1.165) is 11.1 Å². The molecule has 2 aromatic rings. The average Bonchev–Trinajstić information content (AvgIpc) is 2.98. The van der Waals surface area contributed by atoms with Gasteiger partial charge in [0.1, 0.15) is 5.75 Å². The van der Waals surface area contributed by atoms with Gasteiger partial charge >= 0.3 is 0 Å². The smallest absolute Gasteiger partial charge is 0.294 e. The molecule has 3 rings (SSSR count). The maximum Gasteiger partial charge on any atom is 0.294 e.